The summed E-state index contributed by atoms with van der Waals surface area (Å²) in [6.07, 6.45) is 4.48. The summed E-state index contributed by atoms with van der Waals surface area (Å²) >= 11 is 0. The van der Waals surface area contributed by atoms with Crippen molar-refractivity contribution in [1.29, 1.82) is 0 Å². The molecule has 196 valence electrons. The number of ether oxygens (including phenoxy) is 2. The van der Waals surface area contributed by atoms with Crippen LogP contribution in [0.4, 0.5) is 0 Å². The van der Waals surface area contributed by atoms with Crippen molar-refractivity contribution in [2.45, 2.75) is 58.8 Å². The molecule has 0 radical (unpaired) electrons. The van der Waals surface area contributed by atoms with E-state index in [1.807, 2.05) is 61.5 Å². The molecule has 1 fully saturated rings. The summed E-state index contributed by atoms with van der Waals surface area (Å²) < 4.78 is 12.5. The Morgan fingerprint density at radius 2 is 1.75 bits per heavy atom. The Bertz CT molecular complexity index is 958. The van der Waals surface area contributed by atoms with Crippen LogP contribution in [-0.2, 0) is 9.53 Å². The van der Waals surface area contributed by atoms with Crippen LogP contribution in [0, 0.1) is 11.8 Å². The van der Waals surface area contributed by atoms with Crippen LogP contribution < -0.4 is 4.74 Å². The topological polar surface area (TPSA) is 52.6 Å². The molecule has 0 bridgehead atoms. The molecule has 1 aliphatic rings. The average molecular weight is 495 g/mol. The molecule has 1 heterocycles. The molecule has 2 aromatic rings. The van der Waals surface area contributed by atoms with E-state index >= 15 is 0 Å². The monoisotopic (exact) mass is 494 g/mol. The Hall–Kier alpha value is -2.66. The number of hydrogen-bond donors (Lipinski definition) is 0. The molecule has 4 atom stereocenters. The van der Waals surface area contributed by atoms with Gasteiger partial charge < -0.3 is 14.0 Å². The molecule has 4 unspecified atom stereocenters. The molecule has 5 nitrogen and oxygen atoms in total. The fourth-order valence-corrected chi connectivity index (χ4v) is 5.28. The van der Waals surface area contributed by atoms with Gasteiger partial charge in [0, 0.05) is 29.7 Å². The molecule has 0 spiro atoms. The molecule has 5 heteroatoms. The minimum Gasteiger partial charge on any atom is -0.488 e. The standard InChI is InChI=1S/C31H44NO4/c1-5-6-10-20-36-30(33)22-29(26-11-8-7-9-12-26)25(3)31(34)27-13-15-28(16-14-27)35-21-19-32(4)18-17-24(2)23-32/h7-9,11-16,24-25,29H,5-6,10,17-23H2,1-4H3/q+1. The number of nitrogens with zero attached hydrogens (tertiary/aromatic N) is 1. The second-order valence-electron chi connectivity index (χ2n) is 10.8. The van der Waals surface area contributed by atoms with Gasteiger partial charge in [0.2, 0.25) is 0 Å². The normalized spacial score (nSPS) is 21.1. The number of unbranched alkanes of at least 4 members (excludes halogenated alkanes) is 2. The smallest absolute Gasteiger partial charge is 0.306 e. The van der Waals surface area contributed by atoms with E-state index in [2.05, 4.69) is 20.9 Å². The quantitative estimate of drug-likeness (QED) is 0.134. The molecule has 36 heavy (non-hydrogen) atoms. The summed E-state index contributed by atoms with van der Waals surface area (Å²) in [5.74, 6) is 0.758. The Morgan fingerprint density at radius 3 is 2.39 bits per heavy atom. The number of carbonyl (C=O) groups excluding carboxylic acids is 2. The lowest BCUT2D eigenvalue weighted by Gasteiger charge is -2.29. The zero-order valence-corrected chi connectivity index (χ0v) is 22.6. The maximum atomic E-state index is 13.4. The van der Waals surface area contributed by atoms with Crippen LogP contribution >= 0.6 is 0 Å². The molecule has 0 saturated carbocycles. The van der Waals surface area contributed by atoms with Crippen molar-refractivity contribution < 1.29 is 23.5 Å². The number of benzene rings is 2. The van der Waals surface area contributed by atoms with Gasteiger partial charge in [0.25, 0.3) is 0 Å². The second kappa shape index (κ2) is 13.6. The molecule has 2 aromatic carbocycles. The zero-order chi connectivity index (χ0) is 26.0. The van der Waals surface area contributed by atoms with E-state index in [1.54, 1.807) is 0 Å². The largest absolute Gasteiger partial charge is 0.488 e. The minimum atomic E-state index is -0.357. The Labute approximate surface area is 217 Å². The molecule has 3 rings (SSSR count). The molecule has 1 saturated heterocycles. The van der Waals surface area contributed by atoms with Gasteiger partial charge in [0.1, 0.15) is 18.9 Å². The number of hydrogen-bond acceptors (Lipinski definition) is 4. The van der Waals surface area contributed by atoms with E-state index in [-0.39, 0.29) is 30.0 Å². The van der Waals surface area contributed by atoms with Gasteiger partial charge in [-0.25, -0.2) is 0 Å². The zero-order valence-electron chi connectivity index (χ0n) is 22.6. The Kier molecular flexibility index (Phi) is 10.5. The van der Waals surface area contributed by atoms with Gasteiger partial charge in [-0.1, -0.05) is 63.9 Å². The highest BCUT2D eigenvalue weighted by molar-refractivity contribution is 5.98. The van der Waals surface area contributed by atoms with Crippen molar-refractivity contribution in [2.24, 2.45) is 11.8 Å². The third-order valence-electron chi connectivity index (χ3n) is 7.60. The fraction of sp³-hybridized carbons (Fsp3) is 0.548. The SMILES string of the molecule is CCCCCOC(=O)CC(c1ccccc1)C(C)C(=O)c1ccc(OCC[N+]2(C)CCC(C)C2)cc1. The predicted octanol–water partition coefficient (Wildman–Crippen LogP) is 6.28. The van der Waals surface area contributed by atoms with Crippen LogP contribution in [0.1, 0.15) is 74.7 Å². The Morgan fingerprint density at radius 1 is 1.03 bits per heavy atom. The highest BCUT2D eigenvalue weighted by atomic mass is 16.5. The first-order valence-corrected chi connectivity index (χ1v) is 13.6. The van der Waals surface area contributed by atoms with Crippen LogP contribution in [0.3, 0.4) is 0 Å². The summed E-state index contributed by atoms with van der Waals surface area (Å²) in [7, 11) is 2.31. The number of carbonyl (C=O) groups is 2. The summed E-state index contributed by atoms with van der Waals surface area (Å²) in [4.78, 5) is 26.0. The minimum absolute atomic E-state index is 0.0262. The third kappa shape index (κ3) is 8.19. The number of rotatable bonds is 14. The predicted molar refractivity (Wildman–Crippen MR) is 144 cm³/mol. The summed E-state index contributed by atoms with van der Waals surface area (Å²) in [6.45, 7) is 10.9. The van der Waals surface area contributed by atoms with Gasteiger partial charge in [-0.15, -0.1) is 0 Å². The maximum Gasteiger partial charge on any atom is 0.306 e. The highest BCUT2D eigenvalue weighted by Crippen LogP contribution is 2.31. The van der Waals surface area contributed by atoms with Crippen molar-refractivity contribution in [1.82, 2.24) is 0 Å². The molecule has 0 aliphatic carbocycles. The lowest BCUT2D eigenvalue weighted by molar-refractivity contribution is -0.899. The Balaban J connectivity index is 1.60. The molecular weight excluding hydrogens is 450 g/mol. The van der Waals surface area contributed by atoms with Crippen LogP contribution in [0.15, 0.2) is 54.6 Å². The molecular formula is C31H44NO4+. The van der Waals surface area contributed by atoms with Gasteiger partial charge in [-0.05, 0) is 36.2 Å². The molecule has 0 aromatic heterocycles. The average Bonchev–Trinajstić information content (AvgIpc) is 3.23. The van der Waals surface area contributed by atoms with E-state index < -0.39 is 0 Å². The number of likely N-dealkylation sites (tertiary alicyclic amines) is 1. The second-order valence-corrected chi connectivity index (χ2v) is 10.8. The maximum absolute atomic E-state index is 13.4. The lowest BCUT2D eigenvalue weighted by Crippen LogP contribution is -2.44. The number of esters is 1. The van der Waals surface area contributed by atoms with E-state index in [4.69, 9.17) is 9.47 Å². The van der Waals surface area contributed by atoms with Crippen molar-refractivity contribution in [3.63, 3.8) is 0 Å². The van der Waals surface area contributed by atoms with Crippen molar-refractivity contribution in [2.75, 3.05) is 39.9 Å². The van der Waals surface area contributed by atoms with Crippen LogP contribution in [0.25, 0.3) is 0 Å². The van der Waals surface area contributed by atoms with Crippen molar-refractivity contribution in [3.8, 4) is 5.75 Å². The molecule has 1 aliphatic heterocycles. The first-order chi connectivity index (χ1) is 17.3. The lowest BCUT2D eigenvalue weighted by atomic mass is 9.80. The number of Topliss-reactive ketones (excluding diaryl/α,β-unsaturated/α-hetero) is 1. The van der Waals surface area contributed by atoms with Crippen molar-refractivity contribution in [3.05, 3.63) is 65.7 Å². The van der Waals surface area contributed by atoms with E-state index in [0.29, 0.717) is 18.8 Å². The van der Waals surface area contributed by atoms with Crippen LogP contribution in [-0.4, -0.2) is 56.1 Å². The van der Waals surface area contributed by atoms with Gasteiger partial charge in [0.15, 0.2) is 5.78 Å². The van der Waals surface area contributed by atoms with E-state index in [0.717, 1.165) is 47.5 Å². The fourth-order valence-electron chi connectivity index (χ4n) is 5.28. The molecule has 0 N–H and O–H groups in total. The number of likely N-dealkylation sites (N-methyl/N-ethyl adjacent to an activating group) is 1. The first kappa shape index (κ1) is 27.9. The van der Waals surface area contributed by atoms with E-state index in [1.165, 1.54) is 19.5 Å². The number of quaternary nitrogens is 1. The first-order valence-electron chi connectivity index (χ1n) is 13.6. The molecule has 0 amide bonds. The van der Waals surface area contributed by atoms with Gasteiger partial charge >= 0.3 is 5.97 Å². The summed E-state index contributed by atoms with van der Waals surface area (Å²) in [6, 6.07) is 17.3. The van der Waals surface area contributed by atoms with Gasteiger partial charge in [-0.3, -0.25) is 9.59 Å². The summed E-state index contributed by atoms with van der Waals surface area (Å²) in [5.41, 5.74) is 1.62. The van der Waals surface area contributed by atoms with E-state index in [9.17, 15) is 9.59 Å². The highest BCUT2D eigenvalue weighted by Gasteiger charge is 2.32. The van der Waals surface area contributed by atoms with Gasteiger partial charge in [-0.2, -0.15) is 0 Å². The van der Waals surface area contributed by atoms with Gasteiger partial charge in [0.05, 0.1) is 33.2 Å². The van der Waals surface area contributed by atoms with Crippen LogP contribution in [0.5, 0.6) is 5.75 Å². The number of ketones is 1. The van der Waals surface area contributed by atoms with Crippen molar-refractivity contribution >= 4 is 11.8 Å². The van der Waals surface area contributed by atoms with Crippen LogP contribution in [0.2, 0.25) is 0 Å². The summed E-state index contributed by atoms with van der Waals surface area (Å²) in [5, 5.41) is 0. The third-order valence-corrected chi connectivity index (χ3v) is 7.60.